The lowest BCUT2D eigenvalue weighted by Gasteiger charge is -2.51. The molecule has 1 aromatic rings. The number of benzene rings is 1. The molecule has 9 nitrogen and oxygen atoms in total. The van der Waals surface area contributed by atoms with Crippen LogP contribution >= 0.6 is 0 Å². The average Bonchev–Trinajstić information content (AvgIpc) is 2.74. The summed E-state index contributed by atoms with van der Waals surface area (Å²) in [5.74, 6) is 1.14. The highest BCUT2D eigenvalue weighted by molar-refractivity contribution is 7.89. The average molecular weight is 487 g/mol. The molecule has 3 aliphatic heterocycles. The van der Waals surface area contributed by atoms with Crippen LogP contribution < -0.4 is 14.6 Å². The SMILES string of the molecule is CCOc1ccc2c(c1)CCN1C[C@@H]3CCCN(S(=O)(=O)CCCNS(N)(=O)=O)[C@@H]3C[C@@H]21. The fourth-order valence-corrected chi connectivity index (χ4v) is 7.83. The molecule has 3 heterocycles. The molecule has 3 aliphatic rings. The molecule has 32 heavy (non-hydrogen) atoms. The molecular formula is C21H34N4O5S2. The van der Waals surface area contributed by atoms with E-state index in [9.17, 15) is 16.8 Å². The standard InChI is InChI=1S/C21H34N4O5S2/c1-2-30-18-6-7-19-16(13-18)8-11-24-15-17-5-3-10-25(20(17)14-21(19)24)31(26,27)12-4-9-23-32(22,28)29/h6-7,13,17,20-21,23H,2-5,8-12,14-15H2,1H3,(H2,22,28,29)/t17-,20+,21-/m0/s1. The van der Waals surface area contributed by atoms with Crippen molar-refractivity contribution in [2.24, 2.45) is 11.1 Å². The number of nitrogens with zero attached hydrogens (tertiary/aromatic N) is 2. The second-order valence-electron chi connectivity index (χ2n) is 8.98. The molecule has 1 aromatic carbocycles. The Morgan fingerprint density at radius 3 is 2.78 bits per heavy atom. The lowest BCUT2D eigenvalue weighted by molar-refractivity contribution is 0.0219. The van der Waals surface area contributed by atoms with Crippen molar-refractivity contribution >= 4 is 20.2 Å². The Balaban J connectivity index is 1.49. The van der Waals surface area contributed by atoms with E-state index in [4.69, 9.17) is 9.88 Å². The van der Waals surface area contributed by atoms with Gasteiger partial charge in [0.1, 0.15) is 5.75 Å². The number of hydrogen-bond donors (Lipinski definition) is 2. The third kappa shape index (κ3) is 5.28. The Labute approximate surface area is 191 Å². The van der Waals surface area contributed by atoms with Crippen molar-refractivity contribution < 1.29 is 21.6 Å². The van der Waals surface area contributed by atoms with Gasteiger partial charge in [-0.25, -0.2) is 18.3 Å². The smallest absolute Gasteiger partial charge is 0.274 e. The highest BCUT2D eigenvalue weighted by Crippen LogP contribution is 2.44. The number of sulfonamides is 1. The summed E-state index contributed by atoms with van der Waals surface area (Å²) in [6.45, 7) is 5.08. The van der Waals surface area contributed by atoms with E-state index in [1.165, 1.54) is 11.1 Å². The summed E-state index contributed by atoms with van der Waals surface area (Å²) < 4.78 is 58.0. The van der Waals surface area contributed by atoms with Gasteiger partial charge >= 0.3 is 0 Å². The van der Waals surface area contributed by atoms with Crippen LogP contribution in [0.2, 0.25) is 0 Å². The third-order valence-corrected chi connectivity index (χ3v) is 9.51. The highest BCUT2D eigenvalue weighted by Gasteiger charge is 2.45. The van der Waals surface area contributed by atoms with Gasteiger partial charge in [-0.1, -0.05) is 6.07 Å². The first kappa shape index (κ1) is 23.9. The first-order valence-corrected chi connectivity index (χ1v) is 14.6. The minimum atomic E-state index is -3.81. The number of piperidine rings is 2. The fourth-order valence-electron chi connectivity index (χ4n) is 5.58. The second-order valence-corrected chi connectivity index (χ2v) is 12.4. The van der Waals surface area contributed by atoms with E-state index in [-0.39, 0.29) is 30.8 Å². The van der Waals surface area contributed by atoms with Crippen LogP contribution in [0.5, 0.6) is 5.75 Å². The highest BCUT2D eigenvalue weighted by atomic mass is 32.2. The van der Waals surface area contributed by atoms with Gasteiger partial charge in [0.2, 0.25) is 10.0 Å². The van der Waals surface area contributed by atoms with Crippen LogP contribution in [-0.4, -0.2) is 70.6 Å². The van der Waals surface area contributed by atoms with Crippen LogP contribution in [0.25, 0.3) is 0 Å². The minimum absolute atomic E-state index is 0.0151. The first-order valence-electron chi connectivity index (χ1n) is 11.4. The summed E-state index contributed by atoms with van der Waals surface area (Å²) >= 11 is 0. The van der Waals surface area contributed by atoms with Crippen molar-refractivity contribution in [3.05, 3.63) is 29.3 Å². The second kappa shape index (κ2) is 9.55. The summed E-state index contributed by atoms with van der Waals surface area (Å²) in [7, 11) is -7.29. The van der Waals surface area contributed by atoms with Crippen molar-refractivity contribution in [3.63, 3.8) is 0 Å². The largest absolute Gasteiger partial charge is 0.494 e. The van der Waals surface area contributed by atoms with Crippen molar-refractivity contribution in [1.82, 2.24) is 13.9 Å². The molecule has 0 radical (unpaired) electrons. The van der Waals surface area contributed by atoms with Gasteiger partial charge in [0, 0.05) is 38.3 Å². The molecule has 180 valence electrons. The molecule has 2 saturated heterocycles. The number of ether oxygens (including phenoxy) is 1. The molecule has 0 spiro atoms. The molecule has 3 atom stereocenters. The maximum absolute atomic E-state index is 13.2. The maximum Gasteiger partial charge on any atom is 0.274 e. The molecule has 0 bridgehead atoms. The molecule has 2 fully saturated rings. The Kier molecular flexibility index (Phi) is 7.14. The monoisotopic (exact) mass is 486 g/mol. The molecule has 4 rings (SSSR count). The van der Waals surface area contributed by atoms with E-state index in [1.54, 1.807) is 4.31 Å². The van der Waals surface area contributed by atoms with Gasteiger partial charge in [-0.2, -0.15) is 12.7 Å². The normalized spacial score (nSPS) is 26.8. The van der Waals surface area contributed by atoms with Crippen LogP contribution in [-0.2, 0) is 26.7 Å². The summed E-state index contributed by atoms with van der Waals surface area (Å²) in [5, 5.41) is 4.93. The maximum atomic E-state index is 13.2. The number of hydrogen-bond acceptors (Lipinski definition) is 6. The van der Waals surface area contributed by atoms with Crippen LogP contribution in [0.3, 0.4) is 0 Å². The van der Waals surface area contributed by atoms with Crippen molar-refractivity contribution in [1.29, 1.82) is 0 Å². The zero-order valence-electron chi connectivity index (χ0n) is 18.6. The van der Waals surface area contributed by atoms with Crippen LogP contribution in [0.1, 0.15) is 49.8 Å². The van der Waals surface area contributed by atoms with E-state index in [2.05, 4.69) is 21.8 Å². The van der Waals surface area contributed by atoms with E-state index in [0.717, 1.165) is 44.5 Å². The van der Waals surface area contributed by atoms with Crippen LogP contribution in [0.15, 0.2) is 18.2 Å². The quantitative estimate of drug-likeness (QED) is 0.528. The predicted molar refractivity (Wildman–Crippen MR) is 123 cm³/mol. The molecule has 0 aromatic heterocycles. The van der Waals surface area contributed by atoms with Gasteiger partial charge in [-0.3, -0.25) is 4.90 Å². The molecule has 3 N–H and O–H groups in total. The Bertz CT molecular complexity index is 1030. The summed E-state index contributed by atoms with van der Waals surface area (Å²) in [6, 6.07) is 6.51. The molecule has 0 unspecified atom stereocenters. The Hall–Kier alpha value is -1.24. The molecule has 0 saturated carbocycles. The molecule has 11 heteroatoms. The van der Waals surface area contributed by atoms with E-state index in [1.807, 2.05) is 13.0 Å². The Morgan fingerprint density at radius 2 is 2.03 bits per heavy atom. The van der Waals surface area contributed by atoms with Crippen molar-refractivity contribution in [2.45, 2.75) is 51.1 Å². The minimum Gasteiger partial charge on any atom is -0.494 e. The summed E-state index contributed by atoms with van der Waals surface area (Å²) in [4.78, 5) is 2.52. The van der Waals surface area contributed by atoms with Gasteiger partial charge in [0.25, 0.3) is 10.2 Å². The fraction of sp³-hybridized carbons (Fsp3) is 0.714. The first-order chi connectivity index (χ1) is 15.2. The van der Waals surface area contributed by atoms with E-state index in [0.29, 0.717) is 19.1 Å². The van der Waals surface area contributed by atoms with E-state index < -0.39 is 20.2 Å². The van der Waals surface area contributed by atoms with Gasteiger partial charge in [0.05, 0.1) is 12.4 Å². The van der Waals surface area contributed by atoms with Crippen molar-refractivity contribution in [2.75, 3.05) is 38.5 Å². The zero-order chi connectivity index (χ0) is 22.9. The van der Waals surface area contributed by atoms with Gasteiger partial charge in [-0.05, 0) is 68.2 Å². The number of fused-ring (bicyclic) bond motifs is 4. The van der Waals surface area contributed by atoms with Crippen LogP contribution in [0, 0.1) is 5.92 Å². The predicted octanol–water partition coefficient (Wildman–Crippen LogP) is 0.982. The number of nitrogens with one attached hydrogen (secondary N) is 1. The summed E-state index contributed by atoms with van der Waals surface area (Å²) in [5.41, 5.74) is 2.59. The van der Waals surface area contributed by atoms with Gasteiger partial charge in [-0.15, -0.1) is 0 Å². The van der Waals surface area contributed by atoms with Crippen LogP contribution in [0.4, 0.5) is 0 Å². The zero-order valence-corrected chi connectivity index (χ0v) is 20.2. The number of rotatable bonds is 8. The lowest BCUT2D eigenvalue weighted by atomic mass is 9.77. The van der Waals surface area contributed by atoms with Gasteiger partial charge in [0.15, 0.2) is 0 Å². The lowest BCUT2D eigenvalue weighted by Crippen LogP contribution is -2.57. The van der Waals surface area contributed by atoms with Gasteiger partial charge < -0.3 is 4.74 Å². The molecular weight excluding hydrogens is 452 g/mol. The molecule has 0 aliphatic carbocycles. The van der Waals surface area contributed by atoms with Crippen molar-refractivity contribution in [3.8, 4) is 5.75 Å². The van der Waals surface area contributed by atoms with E-state index >= 15 is 0 Å². The topological polar surface area (TPSA) is 122 Å². The summed E-state index contributed by atoms with van der Waals surface area (Å²) in [6.07, 6.45) is 3.89. The number of nitrogens with two attached hydrogens (primary N) is 1. The molecule has 0 amide bonds. The Morgan fingerprint density at radius 1 is 1.22 bits per heavy atom. The third-order valence-electron chi connectivity index (χ3n) is 6.93.